The summed E-state index contributed by atoms with van der Waals surface area (Å²) < 4.78 is 10.1. The predicted molar refractivity (Wildman–Crippen MR) is 95.4 cm³/mol. The number of hydrogen-bond donors (Lipinski definition) is 0. The van der Waals surface area contributed by atoms with E-state index in [1.165, 1.54) is 6.26 Å². The number of methoxy groups -OCH3 is 1. The number of carbonyl (C=O) groups excluding carboxylic acids is 1. The van der Waals surface area contributed by atoms with E-state index < -0.39 is 0 Å². The maximum atomic E-state index is 12.8. The monoisotopic (exact) mass is 336 g/mol. The SMILES string of the molecule is COc1cccc(-c2cccc(C(=O)N(C)[C@H](C)c3ccon3)c2)c1. The van der Waals surface area contributed by atoms with Gasteiger partial charge in [-0.05, 0) is 42.3 Å². The fraction of sp³-hybridized carbons (Fsp3) is 0.200. The van der Waals surface area contributed by atoms with Gasteiger partial charge in [0, 0.05) is 18.7 Å². The molecule has 1 amide bonds. The van der Waals surface area contributed by atoms with Crippen LogP contribution in [0, 0.1) is 0 Å². The summed E-state index contributed by atoms with van der Waals surface area (Å²) in [5, 5.41) is 3.91. The Morgan fingerprint density at radius 1 is 1.12 bits per heavy atom. The van der Waals surface area contributed by atoms with Gasteiger partial charge in [-0.1, -0.05) is 29.4 Å². The molecule has 0 N–H and O–H groups in total. The third kappa shape index (κ3) is 3.55. The van der Waals surface area contributed by atoms with Crippen LogP contribution in [0.25, 0.3) is 11.1 Å². The second kappa shape index (κ2) is 7.21. The lowest BCUT2D eigenvalue weighted by atomic mass is 10.0. The third-order valence-electron chi connectivity index (χ3n) is 4.30. The number of benzene rings is 2. The van der Waals surface area contributed by atoms with Crippen molar-refractivity contribution in [2.24, 2.45) is 0 Å². The number of nitrogens with zero attached hydrogens (tertiary/aromatic N) is 2. The molecule has 1 heterocycles. The van der Waals surface area contributed by atoms with E-state index in [0.717, 1.165) is 22.6 Å². The van der Waals surface area contributed by atoms with Gasteiger partial charge in [-0.3, -0.25) is 4.79 Å². The second-order valence-corrected chi connectivity index (χ2v) is 5.83. The molecule has 3 aromatic rings. The van der Waals surface area contributed by atoms with Crippen molar-refractivity contribution in [3.8, 4) is 16.9 Å². The van der Waals surface area contributed by atoms with Crippen LogP contribution in [0.4, 0.5) is 0 Å². The molecule has 0 aliphatic rings. The molecule has 0 fully saturated rings. The standard InChI is InChI=1S/C20H20N2O3/c1-14(19-10-11-25-21-19)22(2)20(23)17-8-4-6-15(12-17)16-7-5-9-18(13-16)24-3/h4-14H,1-3H3/t14-/m1/s1. The average molecular weight is 336 g/mol. The predicted octanol–water partition coefficient (Wildman–Crippen LogP) is 4.18. The number of ether oxygens (including phenoxy) is 1. The molecular formula is C20H20N2O3. The summed E-state index contributed by atoms with van der Waals surface area (Å²) in [7, 11) is 3.40. The molecule has 5 nitrogen and oxygen atoms in total. The van der Waals surface area contributed by atoms with Crippen molar-refractivity contribution in [1.82, 2.24) is 10.1 Å². The molecule has 3 rings (SSSR count). The molecule has 1 atom stereocenters. The van der Waals surface area contributed by atoms with Gasteiger partial charge in [0.05, 0.1) is 13.2 Å². The first-order chi connectivity index (χ1) is 12.1. The molecule has 0 saturated carbocycles. The van der Waals surface area contributed by atoms with Crippen molar-refractivity contribution in [3.05, 3.63) is 72.1 Å². The van der Waals surface area contributed by atoms with E-state index in [4.69, 9.17) is 9.26 Å². The summed E-state index contributed by atoms with van der Waals surface area (Å²) >= 11 is 0. The van der Waals surface area contributed by atoms with Gasteiger partial charge < -0.3 is 14.2 Å². The number of rotatable bonds is 5. The minimum absolute atomic E-state index is 0.0692. The molecule has 25 heavy (non-hydrogen) atoms. The van der Waals surface area contributed by atoms with Crippen LogP contribution >= 0.6 is 0 Å². The molecule has 0 aliphatic heterocycles. The fourth-order valence-corrected chi connectivity index (χ4v) is 2.65. The lowest BCUT2D eigenvalue weighted by Crippen LogP contribution is -2.29. The van der Waals surface area contributed by atoms with Gasteiger partial charge in [0.2, 0.25) is 0 Å². The van der Waals surface area contributed by atoms with Gasteiger partial charge in [-0.25, -0.2) is 0 Å². The molecule has 0 radical (unpaired) electrons. The van der Waals surface area contributed by atoms with Crippen molar-refractivity contribution >= 4 is 5.91 Å². The zero-order chi connectivity index (χ0) is 17.8. The molecule has 2 aromatic carbocycles. The Morgan fingerprint density at radius 3 is 2.52 bits per heavy atom. The Balaban J connectivity index is 1.86. The molecule has 0 saturated heterocycles. The summed E-state index contributed by atoms with van der Waals surface area (Å²) in [5.41, 5.74) is 3.31. The van der Waals surface area contributed by atoms with Crippen LogP contribution in [0.3, 0.4) is 0 Å². The van der Waals surface area contributed by atoms with E-state index in [0.29, 0.717) is 5.56 Å². The quantitative estimate of drug-likeness (QED) is 0.701. The number of amides is 1. The average Bonchev–Trinajstić information content (AvgIpc) is 3.21. The Hall–Kier alpha value is -3.08. The number of hydrogen-bond acceptors (Lipinski definition) is 4. The van der Waals surface area contributed by atoms with Crippen LogP contribution in [0.1, 0.15) is 29.0 Å². The minimum Gasteiger partial charge on any atom is -0.497 e. The maximum Gasteiger partial charge on any atom is 0.254 e. The summed E-state index contributed by atoms with van der Waals surface area (Å²) in [6.45, 7) is 1.92. The van der Waals surface area contributed by atoms with Crippen molar-refractivity contribution in [1.29, 1.82) is 0 Å². The van der Waals surface area contributed by atoms with Gasteiger partial charge in [0.25, 0.3) is 5.91 Å². The molecule has 128 valence electrons. The van der Waals surface area contributed by atoms with Gasteiger partial charge in [-0.15, -0.1) is 0 Å². The highest BCUT2D eigenvalue weighted by Gasteiger charge is 2.21. The summed E-state index contributed by atoms with van der Waals surface area (Å²) in [6, 6.07) is 16.9. The highest BCUT2D eigenvalue weighted by molar-refractivity contribution is 5.95. The minimum atomic E-state index is -0.174. The lowest BCUT2D eigenvalue weighted by Gasteiger charge is -2.23. The van der Waals surface area contributed by atoms with E-state index in [9.17, 15) is 4.79 Å². The summed E-state index contributed by atoms with van der Waals surface area (Å²) in [4.78, 5) is 14.5. The van der Waals surface area contributed by atoms with E-state index in [-0.39, 0.29) is 11.9 Å². The largest absolute Gasteiger partial charge is 0.497 e. The molecule has 5 heteroatoms. The van der Waals surface area contributed by atoms with Crippen LogP contribution in [0.15, 0.2) is 65.4 Å². The van der Waals surface area contributed by atoms with Gasteiger partial charge in [0.1, 0.15) is 17.7 Å². The van der Waals surface area contributed by atoms with Crippen molar-refractivity contribution in [2.75, 3.05) is 14.2 Å². The van der Waals surface area contributed by atoms with E-state index >= 15 is 0 Å². The molecular weight excluding hydrogens is 316 g/mol. The van der Waals surface area contributed by atoms with Gasteiger partial charge in [-0.2, -0.15) is 0 Å². The highest BCUT2D eigenvalue weighted by atomic mass is 16.5. The van der Waals surface area contributed by atoms with Crippen molar-refractivity contribution in [3.63, 3.8) is 0 Å². The first-order valence-corrected chi connectivity index (χ1v) is 8.02. The molecule has 0 spiro atoms. The van der Waals surface area contributed by atoms with E-state index in [1.54, 1.807) is 25.1 Å². The van der Waals surface area contributed by atoms with Crippen LogP contribution in [0.5, 0.6) is 5.75 Å². The lowest BCUT2D eigenvalue weighted by molar-refractivity contribution is 0.0737. The van der Waals surface area contributed by atoms with Gasteiger partial charge >= 0.3 is 0 Å². The zero-order valence-corrected chi connectivity index (χ0v) is 14.5. The molecule has 0 aliphatic carbocycles. The van der Waals surface area contributed by atoms with Crippen LogP contribution in [-0.2, 0) is 0 Å². The van der Waals surface area contributed by atoms with Crippen molar-refractivity contribution in [2.45, 2.75) is 13.0 Å². The summed E-state index contributed by atoms with van der Waals surface area (Å²) in [6.07, 6.45) is 1.51. The third-order valence-corrected chi connectivity index (χ3v) is 4.30. The Labute approximate surface area is 146 Å². The fourth-order valence-electron chi connectivity index (χ4n) is 2.65. The number of aromatic nitrogens is 1. The van der Waals surface area contributed by atoms with Crippen LogP contribution in [0.2, 0.25) is 0 Å². The number of carbonyl (C=O) groups is 1. The van der Waals surface area contributed by atoms with Gasteiger partial charge in [0.15, 0.2) is 0 Å². The Morgan fingerprint density at radius 2 is 1.84 bits per heavy atom. The molecule has 0 bridgehead atoms. The summed E-state index contributed by atoms with van der Waals surface area (Å²) in [5.74, 6) is 0.714. The Bertz CT molecular complexity index is 859. The van der Waals surface area contributed by atoms with Crippen LogP contribution in [-0.4, -0.2) is 30.1 Å². The Kier molecular flexibility index (Phi) is 4.84. The smallest absolute Gasteiger partial charge is 0.254 e. The maximum absolute atomic E-state index is 12.8. The molecule has 0 unspecified atom stereocenters. The topological polar surface area (TPSA) is 55.6 Å². The van der Waals surface area contributed by atoms with Crippen molar-refractivity contribution < 1.29 is 14.1 Å². The second-order valence-electron chi connectivity index (χ2n) is 5.83. The van der Waals surface area contributed by atoms with E-state index in [2.05, 4.69) is 5.16 Å². The van der Waals surface area contributed by atoms with E-state index in [1.807, 2.05) is 55.5 Å². The molecule has 1 aromatic heterocycles. The first kappa shape index (κ1) is 16.8. The highest BCUT2D eigenvalue weighted by Crippen LogP contribution is 2.26. The zero-order valence-electron chi connectivity index (χ0n) is 14.5. The normalized spacial score (nSPS) is 11.8. The first-order valence-electron chi connectivity index (χ1n) is 8.02. The van der Waals surface area contributed by atoms with Crippen LogP contribution < -0.4 is 4.74 Å².